The molecule has 5 heteroatoms. The van der Waals surface area contributed by atoms with E-state index in [1.807, 2.05) is 12.1 Å². The number of pyridine rings is 1. The van der Waals surface area contributed by atoms with Gasteiger partial charge in [0.05, 0.1) is 42.8 Å². The molecule has 1 saturated heterocycles. The molecule has 0 amide bonds. The number of aromatic nitrogens is 2. The van der Waals surface area contributed by atoms with Crippen LogP contribution in [-0.2, 0) is 13.0 Å². The number of fused-ring (bicyclic) bond motifs is 3. The van der Waals surface area contributed by atoms with Gasteiger partial charge in [0.25, 0.3) is 0 Å². The first kappa shape index (κ1) is 19.6. The fourth-order valence-corrected chi connectivity index (χ4v) is 5.01. The lowest BCUT2D eigenvalue weighted by molar-refractivity contribution is -0.914. The van der Waals surface area contributed by atoms with Gasteiger partial charge in [-0.2, -0.15) is 5.26 Å². The van der Waals surface area contributed by atoms with E-state index < -0.39 is 0 Å². The average molecular weight is 411 g/mol. The second-order valence-corrected chi connectivity index (χ2v) is 8.43. The average Bonchev–Trinajstić information content (AvgIpc) is 3.18. The van der Waals surface area contributed by atoms with Gasteiger partial charge in [-0.25, -0.2) is 4.98 Å². The minimum atomic E-state index is 0.699. The van der Waals surface area contributed by atoms with E-state index in [9.17, 15) is 5.26 Å². The van der Waals surface area contributed by atoms with Gasteiger partial charge in [-0.3, -0.25) is 4.40 Å². The Kier molecular flexibility index (Phi) is 5.09. The van der Waals surface area contributed by atoms with E-state index >= 15 is 0 Å². The topological polar surface area (TPSA) is 48.8 Å². The Balaban J connectivity index is 1.56. The molecule has 0 unspecified atom stereocenters. The first-order valence-corrected chi connectivity index (χ1v) is 11.2. The van der Waals surface area contributed by atoms with Crippen molar-refractivity contribution in [1.82, 2.24) is 9.38 Å². The molecule has 2 aromatic heterocycles. The maximum atomic E-state index is 9.92. The molecule has 0 atom stereocenters. The number of nitrogens with zero attached hydrogens (tertiary/aromatic N) is 4. The van der Waals surface area contributed by atoms with Crippen LogP contribution in [0.1, 0.15) is 29.2 Å². The van der Waals surface area contributed by atoms with Gasteiger partial charge in [0.15, 0.2) is 5.65 Å². The molecule has 1 aliphatic rings. The summed E-state index contributed by atoms with van der Waals surface area (Å²) in [4.78, 5) is 9.00. The van der Waals surface area contributed by atoms with Crippen LogP contribution in [0.5, 0.6) is 0 Å². The Morgan fingerprint density at radius 3 is 2.45 bits per heavy atom. The third-order valence-corrected chi connectivity index (χ3v) is 6.63. The van der Waals surface area contributed by atoms with Crippen molar-refractivity contribution >= 4 is 22.5 Å². The standard InChI is InChI=1S/C26H27N5/c1-3-21-19(2)22(17-27)25-28-23-11-7-8-12-24(23)31(25)26(21)30-15-13-29(14-16-30)18-20-9-5-4-6-10-20/h4-12H,3,13-16,18H2,1-2H3/p+1. The SMILES string of the molecule is CCc1c(C)c(C#N)c2nc3ccccc3n2c1N1CC[NH+](Cc2ccccc2)CC1. The monoisotopic (exact) mass is 410 g/mol. The van der Waals surface area contributed by atoms with Gasteiger partial charge < -0.3 is 9.80 Å². The molecule has 5 nitrogen and oxygen atoms in total. The van der Waals surface area contributed by atoms with Gasteiger partial charge in [0, 0.05) is 5.56 Å². The quantitative estimate of drug-likeness (QED) is 0.562. The molecule has 2 aromatic carbocycles. The van der Waals surface area contributed by atoms with Crippen LogP contribution in [0.2, 0.25) is 0 Å². The van der Waals surface area contributed by atoms with Crippen molar-refractivity contribution in [1.29, 1.82) is 5.26 Å². The molecule has 0 spiro atoms. The molecule has 1 N–H and O–H groups in total. The van der Waals surface area contributed by atoms with Crippen LogP contribution >= 0.6 is 0 Å². The minimum absolute atomic E-state index is 0.699. The summed E-state index contributed by atoms with van der Waals surface area (Å²) in [7, 11) is 0. The molecule has 1 aliphatic heterocycles. The number of para-hydroxylation sites is 2. The Morgan fingerprint density at radius 1 is 1.03 bits per heavy atom. The van der Waals surface area contributed by atoms with Crippen molar-refractivity contribution < 1.29 is 4.90 Å². The lowest BCUT2D eigenvalue weighted by Crippen LogP contribution is -3.13. The van der Waals surface area contributed by atoms with Gasteiger partial charge in [-0.15, -0.1) is 0 Å². The van der Waals surface area contributed by atoms with Gasteiger partial charge in [0.2, 0.25) is 0 Å². The summed E-state index contributed by atoms with van der Waals surface area (Å²) in [6.07, 6.45) is 0.898. The van der Waals surface area contributed by atoms with Crippen molar-refractivity contribution in [2.24, 2.45) is 0 Å². The number of hydrogen-bond donors (Lipinski definition) is 1. The van der Waals surface area contributed by atoms with Crippen molar-refractivity contribution in [3.63, 3.8) is 0 Å². The Bertz CT molecular complexity index is 1270. The summed E-state index contributed by atoms with van der Waals surface area (Å²) in [6.45, 7) is 9.55. The summed E-state index contributed by atoms with van der Waals surface area (Å²) in [5.74, 6) is 1.22. The smallest absolute Gasteiger partial charge is 0.157 e. The lowest BCUT2D eigenvalue weighted by Gasteiger charge is -2.35. The second kappa shape index (κ2) is 8.05. The molecular weight excluding hydrogens is 382 g/mol. The maximum Gasteiger partial charge on any atom is 0.157 e. The van der Waals surface area contributed by atoms with Crippen LogP contribution in [0.3, 0.4) is 0 Å². The first-order chi connectivity index (χ1) is 15.2. The summed E-state index contributed by atoms with van der Waals surface area (Å²) in [6, 6.07) is 21.4. The Morgan fingerprint density at radius 2 is 1.74 bits per heavy atom. The van der Waals surface area contributed by atoms with Crippen molar-refractivity contribution in [3.05, 3.63) is 76.9 Å². The fourth-order valence-electron chi connectivity index (χ4n) is 5.01. The largest absolute Gasteiger partial charge is 0.346 e. The van der Waals surface area contributed by atoms with Crippen LogP contribution < -0.4 is 9.80 Å². The molecule has 0 bridgehead atoms. The third-order valence-electron chi connectivity index (χ3n) is 6.63. The molecule has 0 saturated carbocycles. The van der Waals surface area contributed by atoms with Crippen LogP contribution in [-0.4, -0.2) is 35.6 Å². The van der Waals surface area contributed by atoms with Crippen molar-refractivity contribution in [3.8, 4) is 6.07 Å². The van der Waals surface area contributed by atoms with E-state index in [0.29, 0.717) is 5.56 Å². The number of hydrogen-bond acceptors (Lipinski definition) is 3. The highest BCUT2D eigenvalue weighted by molar-refractivity contribution is 5.86. The summed E-state index contributed by atoms with van der Waals surface area (Å²) >= 11 is 0. The van der Waals surface area contributed by atoms with E-state index in [1.54, 1.807) is 4.90 Å². The number of piperazine rings is 1. The maximum absolute atomic E-state index is 9.92. The Labute approximate surface area is 183 Å². The molecule has 5 rings (SSSR count). The normalized spacial score (nSPS) is 14.9. The predicted octanol–water partition coefficient (Wildman–Crippen LogP) is 3.14. The Hall–Kier alpha value is -3.36. The van der Waals surface area contributed by atoms with E-state index in [0.717, 1.165) is 61.4 Å². The number of nitrogens with one attached hydrogen (secondary N) is 1. The molecule has 1 fully saturated rings. The fraction of sp³-hybridized carbons (Fsp3) is 0.308. The van der Waals surface area contributed by atoms with Crippen LogP contribution in [0, 0.1) is 18.3 Å². The van der Waals surface area contributed by atoms with Gasteiger partial charge in [-0.1, -0.05) is 49.4 Å². The van der Waals surface area contributed by atoms with E-state index in [1.165, 1.54) is 16.9 Å². The zero-order chi connectivity index (χ0) is 21.4. The van der Waals surface area contributed by atoms with Gasteiger partial charge >= 0.3 is 0 Å². The zero-order valence-electron chi connectivity index (χ0n) is 18.2. The van der Waals surface area contributed by atoms with Crippen LogP contribution in [0.25, 0.3) is 16.7 Å². The highest BCUT2D eigenvalue weighted by Crippen LogP contribution is 2.33. The molecule has 0 radical (unpaired) electrons. The predicted molar refractivity (Wildman–Crippen MR) is 125 cm³/mol. The number of anilines is 1. The lowest BCUT2D eigenvalue weighted by atomic mass is 10.0. The van der Waals surface area contributed by atoms with Crippen molar-refractivity contribution in [2.45, 2.75) is 26.8 Å². The third kappa shape index (κ3) is 3.34. The second-order valence-electron chi connectivity index (χ2n) is 8.43. The number of rotatable bonds is 4. The molecule has 156 valence electrons. The number of nitriles is 1. The number of imidazole rings is 1. The van der Waals surface area contributed by atoms with Gasteiger partial charge in [-0.05, 0) is 36.6 Å². The van der Waals surface area contributed by atoms with E-state index in [2.05, 4.69) is 71.7 Å². The van der Waals surface area contributed by atoms with E-state index in [4.69, 9.17) is 4.98 Å². The van der Waals surface area contributed by atoms with Crippen LogP contribution in [0.4, 0.5) is 5.82 Å². The van der Waals surface area contributed by atoms with Gasteiger partial charge in [0.1, 0.15) is 18.4 Å². The first-order valence-electron chi connectivity index (χ1n) is 11.2. The minimum Gasteiger partial charge on any atom is -0.346 e. The highest BCUT2D eigenvalue weighted by Gasteiger charge is 2.27. The van der Waals surface area contributed by atoms with Crippen molar-refractivity contribution in [2.75, 3.05) is 31.1 Å². The molecule has 31 heavy (non-hydrogen) atoms. The molecule has 3 heterocycles. The number of quaternary nitrogens is 1. The molecule has 4 aromatic rings. The molecule has 0 aliphatic carbocycles. The summed E-state index contributed by atoms with van der Waals surface area (Å²) in [5.41, 5.74) is 7.24. The molecular formula is C26H28N5+. The highest BCUT2D eigenvalue weighted by atomic mass is 15.3. The number of benzene rings is 2. The van der Waals surface area contributed by atoms with E-state index in [-0.39, 0.29) is 0 Å². The summed E-state index contributed by atoms with van der Waals surface area (Å²) < 4.78 is 2.24. The zero-order valence-corrected chi connectivity index (χ0v) is 18.2. The summed E-state index contributed by atoms with van der Waals surface area (Å²) in [5, 5.41) is 9.92. The van der Waals surface area contributed by atoms with Crippen LogP contribution in [0.15, 0.2) is 54.6 Å².